The van der Waals surface area contributed by atoms with Crippen molar-refractivity contribution in [3.63, 3.8) is 0 Å². The summed E-state index contributed by atoms with van der Waals surface area (Å²) >= 11 is 0. The number of nitrogens with zero attached hydrogens (tertiary/aromatic N) is 2. The summed E-state index contributed by atoms with van der Waals surface area (Å²) in [6.45, 7) is 4.66. The summed E-state index contributed by atoms with van der Waals surface area (Å²) in [4.78, 5) is 6.58. The summed E-state index contributed by atoms with van der Waals surface area (Å²) in [6.07, 6.45) is 11.0. The topological polar surface area (TPSA) is 28.2 Å². The monoisotopic (exact) mass is 243 g/mol. The van der Waals surface area contributed by atoms with Crippen LogP contribution in [0.2, 0.25) is 0 Å². The highest BCUT2D eigenvalue weighted by Crippen LogP contribution is 2.20. The summed E-state index contributed by atoms with van der Waals surface area (Å²) < 4.78 is 0. The zero-order valence-electron chi connectivity index (χ0n) is 11.0. The first kappa shape index (κ1) is 12.9. The summed E-state index contributed by atoms with van der Waals surface area (Å²) in [5.41, 5.74) is 1.28. The molecule has 0 aliphatic heterocycles. The fraction of sp³-hybridized carbons (Fsp3) is 0.533. The van der Waals surface area contributed by atoms with E-state index >= 15 is 0 Å². The van der Waals surface area contributed by atoms with Crippen LogP contribution in [0.25, 0.3) is 0 Å². The van der Waals surface area contributed by atoms with Crippen LogP contribution in [0, 0.1) is 12.3 Å². The molecular formula is C15H21N3. The van der Waals surface area contributed by atoms with Gasteiger partial charge in [0.05, 0.1) is 6.54 Å². The molecule has 0 radical (unpaired) electrons. The van der Waals surface area contributed by atoms with Crippen molar-refractivity contribution < 1.29 is 0 Å². The van der Waals surface area contributed by atoms with Gasteiger partial charge in [0.2, 0.25) is 0 Å². The lowest BCUT2D eigenvalue weighted by Crippen LogP contribution is -2.25. The van der Waals surface area contributed by atoms with Crippen molar-refractivity contribution in [3.05, 3.63) is 23.9 Å². The number of hydrogen-bond donors (Lipinski definition) is 1. The Morgan fingerprint density at radius 1 is 1.56 bits per heavy atom. The first-order valence-electron chi connectivity index (χ1n) is 6.70. The lowest BCUT2D eigenvalue weighted by Gasteiger charge is -2.21. The van der Waals surface area contributed by atoms with Gasteiger partial charge in [0.15, 0.2) is 0 Å². The molecule has 2 rings (SSSR count). The van der Waals surface area contributed by atoms with Crippen molar-refractivity contribution in [2.75, 3.05) is 18.0 Å². The maximum Gasteiger partial charge on any atom is 0.129 e. The normalized spacial score (nSPS) is 14.2. The first-order valence-corrected chi connectivity index (χ1v) is 6.70. The molecule has 96 valence electrons. The van der Waals surface area contributed by atoms with E-state index in [0.29, 0.717) is 6.54 Å². The Morgan fingerprint density at radius 3 is 3.06 bits per heavy atom. The molecule has 3 heteroatoms. The van der Waals surface area contributed by atoms with E-state index in [4.69, 9.17) is 6.42 Å². The minimum atomic E-state index is 0.625. The van der Waals surface area contributed by atoms with E-state index in [-0.39, 0.29) is 0 Å². The summed E-state index contributed by atoms with van der Waals surface area (Å²) in [5.74, 6) is 3.69. The molecule has 1 saturated carbocycles. The molecule has 0 atom stereocenters. The predicted octanol–water partition coefficient (Wildman–Crippen LogP) is 2.18. The Balaban J connectivity index is 2.01. The summed E-state index contributed by atoms with van der Waals surface area (Å²) in [7, 11) is 0. The van der Waals surface area contributed by atoms with Crippen molar-refractivity contribution in [3.8, 4) is 12.3 Å². The van der Waals surface area contributed by atoms with Gasteiger partial charge >= 0.3 is 0 Å². The Labute approximate surface area is 110 Å². The minimum Gasteiger partial charge on any atom is -0.345 e. The third kappa shape index (κ3) is 3.75. The second-order valence-corrected chi connectivity index (χ2v) is 4.80. The van der Waals surface area contributed by atoms with Gasteiger partial charge in [-0.1, -0.05) is 12.8 Å². The van der Waals surface area contributed by atoms with Gasteiger partial charge < -0.3 is 10.2 Å². The van der Waals surface area contributed by atoms with E-state index in [1.807, 2.05) is 6.20 Å². The third-order valence-electron chi connectivity index (χ3n) is 3.08. The van der Waals surface area contributed by atoms with E-state index in [1.54, 1.807) is 0 Å². The van der Waals surface area contributed by atoms with Gasteiger partial charge in [0, 0.05) is 25.3 Å². The standard InChI is InChI=1S/C15H21N3/c1-3-9-18(10-4-2)15-11-13(7-8-16-15)12-17-14-5-6-14/h1,7-8,11,14,17H,4-6,9-10,12H2,2H3. The van der Waals surface area contributed by atoms with Crippen LogP contribution in [-0.2, 0) is 6.54 Å². The lowest BCUT2D eigenvalue weighted by molar-refractivity contribution is 0.686. The number of aromatic nitrogens is 1. The fourth-order valence-corrected chi connectivity index (χ4v) is 1.95. The van der Waals surface area contributed by atoms with E-state index in [2.05, 4.69) is 40.2 Å². The molecule has 18 heavy (non-hydrogen) atoms. The molecule has 0 saturated heterocycles. The van der Waals surface area contributed by atoms with Crippen LogP contribution in [0.5, 0.6) is 0 Å². The smallest absolute Gasteiger partial charge is 0.129 e. The zero-order chi connectivity index (χ0) is 12.8. The van der Waals surface area contributed by atoms with Gasteiger partial charge in [0.1, 0.15) is 5.82 Å². The zero-order valence-corrected chi connectivity index (χ0v) is 11.0. The van der Waals surface area contributed by atoms with Crippen molar-refractivity contribution >= 4 is 5.82 Å². The Bertz CT molecular complexity index is 418. The molecule has 0 aromatic carbocycles. The molecule has 1 N–H and O–H groups in total. The van der Waals surface area contributed by atoms with Crippen LogP contribution >= 0.6 is 0 Å². The SMILES string of the molecule is C#CCN(CCC)c1cc(CNC2CC2)ccn1. The highest BCUT2D eigenvalue weighted by Gasteiger charge is 2.20. The second kappa shape index (κ2) is 6.42. The summed E-state index contributed by atoms with van der Waals surface area (Å²) in [5, 5.41) is 3.52. The second-order valence-electron chi connectivity index (χ2n) is 4.80. The minimum absolute atomic E-state index is 0.625. The van der Waals surface area contributed by atoms with Crippen molar-refractivity contribution in [1.82, 2.24) is 10.3 Å². The fourth-order valence-electron chi connectivity index (χ4n) is 1.95. The van der Waals surface area contributed by atoms with Crippen LogP contribution in [0.1, 0.15) is 31.7 Å². The largest absolute Gasteiger partial charge is 0.345 e. The molecule has 1 aliphatic carbocycles. The maximum atomic E-state index is 5.41. The lowest BCUT2D eigenvalue weighted by atomic mass is 10.2. The van der Waals surface area contributed by atoms with Gasteiger partial charge in [0.25, 0.3) is 0 Å². The average Bonchev–Trinajstić information content (AvgIpc) is 3.21. The van der Waals surface area contributed by atoms with Crippen molar-refractivity contribution in [1.29, 1.82) is 0 Å². The van der Waals surface area contributed by atoms with E-state index in [0.717, 1.165) is 31.4 Å². The van der Waals surface area contributed by atoms with Gasteiger partial charge in [-0.25, -0.2) is 4.98 Å². The van der Waals surface area contributed by atoms with Crippen molar-refractivity contribution in [2.24, 2.45) is 0 Å². The van der Waals surface area contributed by atoms with Crippen LogP contribution in [-0.4, -0.2) is 24.1 Å². The number of terminal acetylenes is 1. The average molecular weight is 243 g/mol. The van der Waals surface area contributed by atoms with Crippen LogP contribution in [0.4, 0.5) is 5.82 Å². The van der Waals surface area contributed by atoms with Gasteiger partial charge in [-0.2, -0.15) is 0 Å². The third-order valence-corrected chi connectivity index (χ3v) is 3.08. The number of nitrogens with one attached hydrogen (secondary N) is 1. The van der Waals surface area contributed by atoms with Gasteiger partial charge in [-0.3, -0.25) is 0 Å². The quantitative estimate of drug-likeness (QED) is 0.744. The van der Waals surface area contributed by atoms with Gasteiger partial charge in [-0.05, 0) is 37.0 Å². The highest BCUT2D eigenvalue weighted by atomic mass is 15.2. The molecule has 1 heterocycles. The first-order chi connectivity index (χ1) is 8.83. The Kier molecular flexibility index (Phi) is 4.60. The molecule has 1 fully saturated rings. The molecular weight excluding hydrogens is 222 g/mol. The molecule has 0 spiro atoms. The Hall–Kier alpha value is -1.53. The van der Waals surface area contributed by atoms with Crippen LogP contribution in [0.15, 0.2) is 18.3 Å². The Morgan fingerprint density at radius 2 is 2.39 bits per heavy atom. The molecule has 1 aromatic rings. The number of pyridine rings is 1. The van der Waals surface area contributed by atoms with E-state index < -0.39 is 0 Å². The molecule has 0 amide bonds. The molecule has 3 nitrogen and oxygen atoms in total. The van der Waals surface area contributed by atoms with Crippen molar-refractivity contribution in [2.45, 2.75) is 38.8 Å². The number of anilines is 1. The van der Waals surface area contributed by atoms with Crippen LogP contribution in [0.3, 0.4) is 0 Å². The van der Waals surface area contributed by atoms with Gasteiger partial charge in [-0.15, -0.1) is 6.42 Å². The highest BCUT2D eigenvalue weighted by molar-refractivity contribution is 5.42. The summed E-state index contributed by atoms with van der Waals surface area (Å²) in [6, 6.07) is 4.94. The molecule has 1 aromatic heterocycles. The predicted molar refractivity (Wildman–Crippen MR) is 75.4 cm³/mol. The molecule has 0 bridgehead atoms. The van der Waals surface area contributed by atoms with Crippen LogP contribution < -0.4 is 10.2 Å². The molecule has 1 aliphatic rings. The molecule has 0 unspecified atom stereocenters. The van der Waals surface area contributed by atoms with E-state index in [1.165, 1.54) is 18.4 Å². The number of rotatable bonds is 7. The number of hydrogen-bond acceptors (Lipinski definition) is 3. The van der Waals surface area contributed by atoms with E-state index in [9.17, 15) is 0 Å². The maximum absolute atomic E-state index is 5.41.